The molecule has 2 heteroatoms. The van der Waals surface area contributed by atoms with Crippen molar-refractivity contribution < 1.29 is 9.53 Å². The molecule has 0 aromatic carbocycles. The van der Waals surface area contributed by atoms with E-state index in [-0.39, 0.29) is 5.78 Å². The lowest BCUT2D eigenvalue weighted by Crippen LogP contribution is -2.02. The van der Waals surface area contributed by atoms with Crippen molar-refractivity contribution in [2.24, 2.45) is 0 Å². The van der Waals surface area contributed by atoms with Crippen molar-refractivity contribution in [2.45, 2.75) is 39.0 Å². The first-order valence-corrected chi connectivity index (χ1v) is 4.58. The molecular weight excluding hydrogens is 152 g/mol. The van der Waals surface area contributed by atoms with Gasteiger partial charge < -0.3 is 4.74 Å². The van der Waals surface area contributed by atoms with Gasteiger partial charge in [0.15, 0.2) is 5.78 Å². The van der Waals surface area contributed by atoms with E-state index in [0.29, 0.717) is 6.42 Å². The highest BCUT2D eigenvalue weighted by atomic mass is 16.5. The molecule has 1 rings (SSSR count). The summed E-state index contributed by atoms with van der Waals surface area (Å²) in [5.41, 5.74) is 0.944. The third kappa shape index (κ3) is 1.87. The average Bonchev–Trinajstić information content (AvgIpc) is 2.51. The highest BCUT2D eigenvalue weighted by Gasteiger charge is 2.20. The first-order valence-electron chi connectivity index (χ1n) is 4.58. The molecule has 0 amide bonds. The van der Waals surface area contributed by atoms with Crippen LogP contribution in [0.15, 0.2) is 11.3 Å². The van der Waals surface area contributed by atoms with Crippen molar-refractivity contribution in [2.75, 3.05) is 7.11 Å². The Hall–Kier alpha value is -0.790. The van der Waals surface area contributed by atoms with Gasteiger partial charge in [-0.2, -0.15) is 0 Å². The number of allylic oxidation sites excluding steroid dienone is 2. The van der Waals surface area contributed by atoms with Gasteiger partial charge in [-0.15, -0.1) is 0 Å². The molecular formula is C10H16O2. The maximum absolute atomic E-state index is 11.5. The van der Waals surface area contributed by atoms with E-state index < -0.39 is 0 Å². The number of ether oxygens (including phenoxy) is 1. The summed E-state index contributed by atoms with van der Waals surface area (Å²) in [6.07, 6.45) is 4.54. The molecule has 2 nitrogen and oxygen atoms in total. The van der Waals surface area contributed by atoms with Crippen LogP contribution in [0.2, 0.25) is 0 Å². The second-order valence-corrected chi connectivity index (χ2v) is 3.13. The Morgan fingerprint density at radius 2 is 2.25 bits per heavy atom. The number of Topliss-reactive ketones (excluding diaryl/α,β-unsaturated/α-hetero) is 1. The van der Waals surface area contributed by atoms with Gasteiger partial charge in [0.05, 0.1) is 7.11 Å². The van der Waals surface area contributed by atoms with E-state index in [1.54, 1.807) is 7.11 Å². The van der Waals surface area contributed by atoms with Crippen molar-refractivity contribution in [3.63, 3.8) is 0 Å². The molecule has 0 bridgehead atoms. The Morgan fingerprint density at radius 1 is 1.50 bits per heavy atom. The van der Waals surface area contributed by atoms with E-state index in [9.17, 15) is 4.79 Å². The lowest BCUT2D eigenvalue weighted by Gasteiger charge is -2.03. The van der Waals surface area contributed by atoms with Crippen LogP contribution >= 0.6 is 0 Å². The topological polar surface area (TPSA) is 26.3 Å². The van der Waals surface area contributed by atoms with Gasteiger partial charge >= 0.3 is 0 Å². The number of carbonyl (C=O) groups is 1. The molecule has 0 saturated heterocycles. The van der Waals surface area contributed by atoms with Gasteiger partial charge in [0.1, 0.15) is 5.76 Å². The van der Waals surface area contributed by atoms with Gasteiger partial charge in [0.2, 0.25) is 0 Å². The smallest absolute Gasteiger partial charge is 0.162 e. The molecule has 0 aliphatic heterocycles. The highest BCUT2D eigenvalue weighted by molar-refractivity contribution is 5.96. The zero-order chi connectivity index (χ0) is 8.97. The lowest BCUT2D eigenvalue weighted by atomic mass is 10.1. The highest BCUT2D eigenvalue weighted by Crippen LogP contribution is 2.27. The fourth-order valence-corrected chi connectivity index (χ4v) is 1.61. The minimum absolute atomic E-state index is 0.284. The molecule has 1 aliphatic rings. The molecule has 0 heterocycles. The molecule has 0 spiro atoms. The number of methoxy groups -OCH3 is 1. The normalized spacial score (nSPS) is 16.8. The molecule has 1 aliphatic carbocycles. The van der Waals surface area contributed by atoms with Crippen molar-refractivity contribution in [3.8, 4) is 0 Å². The lowest BCUT2D eigenvalue weighted by molar-refractivity contribution is -0.115. The Bertz CT molecular complexity index is 204. The van der Waals surface area contributed by atoms with Gasteiger partial charge in [-0.3, -0.25) is 4.79 Å². The summed E-state index contributed by atoms with van der Waals surface area (Å²) in [6, 6.07) is 0. The number of ketones is 1. The van der Waals surface area contributed by atoms with Crippen LogP contribution in [0, 0.1) is 0 Å². The van der Waals surface area contributed by atoms with Crippen LogP contribution in [0.1, 0.15) is 39.0 Å². The second-order valence-electron chi connectivity index (χ2n) is 3.13. The van der Waals surface area contributed by atoms with Crippen LogP contribution in [0.3, 0.4) is 0 Å². The van der Waals surface area contributed by atoms with Gasteiger partial charge in [-0.1, -0.05) is 6.92 Å². The molecule has 12 heavy (non-hydrogen) atoms. The SMILES string of the molecule is CCCC(=O)C1=C(OC)CCC1. The third-order valence-electron chi connectivity index (χ3n) is 2.23. The summed E-state index contributed by atoms with van der Waals surface area (Å²) in [5, 5.41) is 0. The zero-order valence-electron chi connectivity index (χ0n) is 7.85. The first-order chi connectivity index (χ1) is 5.79. The summed E-state index contributed by atoms with van der Waals surface area (Å²) in [6.45, 7) is 2.03. The molecule has 0 radical (unpaired) electrons. The third-order valence-corrected chi connectivity index (χ3v) is 2.23. The maximum atomic E-state index is 11.5. The van der Waals surface area contributed by atoms with Gasteiger partial charge in [-0.05, 0) is 19.3 Å². The minimum Gasteiger partial charge on any atom is -0.501 e. The van der Waals surface area contributed by atoms with Crippen LogP contribution in [0.25, 0.3) is 0 Å². The standard InChI is InChI=1S/C10H16O2/c1-3-5-9(11)8-6-4-7-10(8)12-2/h3-7H2,1-2H3. The van der Waals surface area contributed by atoms with E-state index >= 15 is 0 Å². The summed E-state index contributed by atoms with van der Waals surface area (Å²) in [7, 11) is 1.65. The monoisotopic (exact) mass is 168 g/mol. The fraction of sp³-hybridized carbons (Fsp3) is 0.700. The van der Waals surface area contributed by atoms with E-state index in [1.165, 1.54) is 0 Å². The van der Waals surface area contributed by atoms with Crippen molar-refractivity contribution in [1.29, 1.82) is 0 Å². The molecule has 0 saturated carbocycles. The van der Waals surface area contributed by atoms with Crippen LogP contribution in [-0.2, 0) is 9.53 Å². The summed E-state index contributed by atoms with van der Waals surface area (Å²) in [4.78, 5) is 11.5. The Balaban J connectivity index is 2.65. The molecule has 0 N–H and O–H groups in total. The number of hydrogen-bond donors (Lipinski definition) is 0. The fourth-order valence-electron chi connectivity index (χ4n) is 1.61. The summed E-state index contributed by atoms with van der Waals surface area (Å²) >= 11 is 0. The van der Waals surface area contributed by atoms with Crippen molar-refractivity contribution in [3.05, 3.63) is 11.3 Å². The van der Waals surface area contributed by atoms with Gasteiger partial charge in [0.25, 0.3) is 0 Å². The van der Waals surface area contributed by atoms with Crippen LogP contribution in [0.5, 0.6) is 0 Å². The molecule has 0 aromatic heterocycles. The van der Waals surface area contributed by atoms with Crippen LogP contribution in [0.4, 0.5) is 0 Å². The molecule has 68 valence electrons. The van der Waals surface area contributed by atoms with Crippen LogP contribution < -0.4 is 0 Å². The van der Waals surface area contributed by atoms with Crippen LogP contribution in [-0.4, -0.2) is 12.9 Å². The predicted molar refractivity (Wildman–Crippen MR) is 47.8 cm³/mol. The molecule has 0 atom stereocenters. The predicted octanol–water partition coefficient (Wildman–Crippen LogP) is 2.44. The maximum Gasteiger partial charge on any atom is 0.162 e. The number of hydrogen-bond acceptors (Lipinski definition) is 2. The summed E-state index contributed by atoms with van der Waals surface area (Å²) in [5.74, 6) is 1.21. The van der Waals surface area contributed by atoms with E-state index in [1.807, 2.05) is 6.92 Å². The number of rotatable bonds is 4. The number of carbonyl (C=O) groups excluding carboxylic acids is 1. The van der Waals surface area contributed by atoms with Crippen molar-refractivity contribution in [1.82, 2.24) is 0 Å². The van der Waals surface area contributed by atoms with E-state index in [0.717, 1.165) is 37.0 Å². The van der Waals surface area contributed by atoms with E-state index in [4.69, 9.17) is 4.74 Å². The van der Waals surface area contributed by atoms with Gasteiger partial charge in [-0.25, -0.2) is 0 Å². The molecule has 0 aromatic rings. The van der Waals surface area contributed by atoms with E-state index in [2.05, 4.69) is 0 Å². The summed E-state index contributed by atoms with van der Waals surface area (Å²) < 4.78 is 5.15. The Labute approximate surface area is 73.6 Å². The molecule has 0 unspecified atom stereocenters. The quantitative estimate of drug-likeness (QED) is 0.644. The average molecular weight is 168 g/mol. The minimum atomic E-state index is 0.284. The van der Waals surface area contributed by atoms with Crippen molar-refractivity contribution >= 4 is 5.78 Å². The Kier molecular flexibility index (Phi) is 3.32. The Morgan fingerprint density at radius 3 is 2.83 bits per heavy atom. The largest absolute Gasteiger partial charge is 0.501 e. The first kappa shape index (κ1) is 9.30. The molecule has 0 fully saturated rings. The van der Waals surface area contributed by atoms with Gasteiger partial charge in [0, 0.05) is 18.4 Å². The second kappa shape index (κ2) is 4.29. The zero-order valence-corrected chi connectivity index (χ0v) is 7.85.